The van der Waals surface area contributed by atoms with Crippen molar-refractivity contribution < 1.29 is 14.3 Å². The normalized spacial score (nSPS) is 30.5. The number of amides is 2. The molecule has 2 amide bonds. The molecular weight excluding hydrogens is 396 g/mol. The van der Waals surface area contributed by atoms with Gasteiger partial charge >= 0.3 is 0 Å². The van der Waals surface area contributed by atoms with Crippen molar-refractivity contribution in [1.82, 2.24) is 5.01 Å². The van der Waals surface area contributed by atoms with Crippen LogP contribution in [0.25, 0.3) is 0 Å². The number of carbonyl (C=O) groups is 2. The van der Waals surface area contributed by atoms with E-state index in [1.807, 2.05) is 25.1 Å². The van der Waals surface area contributed by atoms with Crippen LogP contribution in [-0.4, -0.2) is 29.1 Å². The summed E-state index contributed by atoms with van der Waals surface area (Å²) in [6.45, 7) is 4.09. The summed E-state index contributed by atoms with van der Waals surface area (Å²) in [7, 11) is 0. The van der Waals surface area contributed by atoms with E-state index in [9.17, 15) is 9.59 Å². The van der Waals surface area contributed by atoms with Crippen LogP contribution in [-0.2, 0) is 9.59 Å². The van der Waals surface area contributed by atoms with Crippen LogP contribution in [0.15, 0.2) is 39.9 Å². The summed E-state index contributed by atoms with van der Waals surface area (Å²) in [5, 5.41) is 5.27. The van der Waals surface area contributed by atoms with E-state index >= 15 is 0 Å². The minimum absolute atomic E-state index is 0.133. The second-order valence-electron chi connectivity index (χ2n) is 7.26. The Labute approximate surface area is 161 Å². The predicted octanol–water partition coefficient (Wildman–Crippen LogP) is 3.77. The maximum absolute atomic E-state index is 12.6. The van der Waals surface area contributed by atoms with Crippen LogP contribution >= 0.6 is 15.9 Å². The van der Waals surface area contributed by atoms with Gasteiger partial charge in [-0.15, -0.1) is 0 Å². The highest BCUT2D eigenvalue weighted by molar-refractivity contribution is 9.10. The van der Waals surface area contributed by atoms with Crippen LogP contribution in [0.1, 0.15) is 32.3 Å². The highest BCUT2D eigenvalue weighted by atomic mass is 79.9. The summed E-state index contributed by atoms with van der Waals surface area (Å²) in [5.41, 5.74) is 0.798. The van der Waals surface area contributed by atoms with Gasteiger partial charge in [0.05, 0.1) is 28.6 Å². The summed E-state index contributed by atoms with van der Waals surface area (Å²) in [6, 6.07) is 5.60. The lowest BCUT2D eigenvalue weighted by Crippen LogP contribution is -2.28. The summed E-state index contributed by atoms with van der Waals surface area (Å²) in [4.78, 5) is 25.2. The largest absolute Gasteiger partial charge is 0.490 e. The molecule has 6 heteroatoms. The first-order valence-electron chi connectivity index (χ1n) is 9.06. The smallest absolute Gasteiger partial charge is 0.254 e. The van der Waals surface area contributed by atoms with Crippen molar-refractivity contribution in [1.29, 1.82) is 0 Å². The van der Waals surface area contributed by atoms with E-state index in [4.69, 9.17) is 4.74 Å². The number of ether oxygens (including phenoxy) is 1. The lowest BCUT2D eigenvalue weighted by molar-refractivity contribution is -0.140. The Bertz CT molecular complexity index is 789. The van der Waals surface area contributed by atoms with Gasteiger partial charge < -0.3 is 4.74 Å². The second kappa shape index (κ2) is 6.65. The van der Waals surface area contributed by atoms with E-state index < -0.39 is 0 Å². The van der Waals surface area contributed by atoms with Gasteiger partial charge in [0.25, 0.3) is 11.8 Å². The first-order chi connectivity index (χ1) is 12.5. The van der Waals surface area contributed by atoms with Crippen molar-refractivity contribution in [2.75, 3.05) is 0 Å². The Hall–Kier alpha value is -1.95. The molecule has 2 aliphatic carbocycles. The number of rotatable bonds is 5. The van der Waals surface area contributed by atoms with E-state index in [0.717, 1.165) is 33.6 Å². The van der Waals surface area contributed by atoms with Crippen LogP contribution in [0.2, 0.25) is 0 Å². The van der Waals surface area contributed by atoms with Gasteiger partial charge in [-0.3, -0.25) is 9.59 Å². The number of allylic oxidation sites excluding steroid dienone is 2. The molecule has 2 fully saturated rings. The Kier molecular flexibility index (Phi) is 4.47. The van der Waals surface area contributed by atoms with Crippen molar-refractivity contribution in [2.45, 2.75) is 32.8 Å². The summed E-state index contributed by atoms with van der Waals surface area (Å²) in [5.74, 6) is 0.413. The van der Waals surface area contributed by atoms with Crippen molar-refractivity contribution in [3.8, 4) is 5.75 Å². The fraction of sp³-hybridized carbons (Fsp3) is 0.450. The van der Waals surface area contributed by atoms with E-state index in [0.29, 0.717) is 0 Å². The highest BCUT2D eigenvalue weighted by Crippen LogP contribution is 2.52. The first-order valence-corrected chi connectivity index (χ1v) is 9.85. The molecule has 5 atom stereocenters. The topological polar surface area (TPSA) is 59.0 Å². The number of fused-ring (bicyclic) bond motifs is 5. The molecule has 1 aromatic carbocycles. The van der Waals surface area contributed by atoms with Crippen LogP contribution in [0, 0.1) is 23.7 Å². The molecule has 136 valence electrons. The fourth-order valence-electron chi connectivity index (χ4n) is 4.12. The van der Waals surface area contributed by atoms with Gasteiger partial charge in [-0.1, -0.05) is 19.1 Å². The summed E-state index contributed by atoms with van der Waals surface area (Å²) < 4.78 is 6.64. The molecule has 4 rings (SSSR count). The summed E-state index contributed by atoms with van der Waals surface area (Å²) in [6.07, 6.45) is 7.70. The van der Waals surface area contributed by atoms with Crippen LogP contribution in [0.3, 0.4) is 0 Å². The van der Waals surface area contributed by atoms with E-state index in [1.165, 1.54) is 0 Å². The molecule has 26 heavy (non-hydrogen) atoms. The Balaban J connectivity index is 1.49. The molecule has 0 radical (unpaired) electrons. The monoisotopic (exact) mass is 416 g/mol. The molecule has 5 nitrogen and oxygen atoms in total. The van der Waals surface area contributed by atoms with E-state index in [-0.39, 0.29) is 41.6 Å². The molecular formula is C20H21BrN2O3. The van der Waals surface area contributed by atoms with Crippen molar-refractivity contribution in [2.24, 2.45) is 28.8 Å². The number of carbonyl (C=O) groups excluding carboxylic acids is 2. The molecule has 1 aromatic rings. The first kappa shape index (κ1) is 17.5. The zero-order chi connectivity index (χ0) is 18.4. The molecule has 0 unspecified atom stereocenters. The third-order valence-corrected chi connectivity index (χ3v) is 6.25. The number of halogens is 1. The highest BCUT2D eigenvalue weighted by Gasteiger charge is 2.59. The van der Waals surface area contributed by atoms with Crippen molar-refractivity contribution >= 4 is 34.0 Å². The van der Waals surface area contributed by atoms with Gasteiger partial charge in [-0.2, -0.15) is 10.1 Å². The summed E-state index contributed by atoms with van der Waals surface area (Å²) >= 11 is 3.50. The van der Waals surface area contributed by atoms with Gasteiger partial charge in [0.15, 0.2) is 0 Å². The number of hydrazone groups is 1. The Morgan fingerprint density at radius 3 is 2.50 bits per heavy atom. The zero-order valence-electron chi connectivity index (χ0n) is 14.8. The molecule has 0 aromatic heterocycles. The quantitative estimate of drug-likeness (QED) is 0.417. The second-order valence-corrected chi connectivity index (χ2v) is 8.11. The molecule has 1 saturated heterocycles. The maximum atomic E-state index is 12.6. The molecule has 3 aliphatic rings. The predicted molar refractivity (Wildman–Crippen MR) is 102 cm³/mol. The molecule has 1 saturated carbocycles. The maximum Gasteiger partial charge on any atom is 0.254 e. The van der Waals surface area contributed by atoms with Crippen LogP contribution < -0.4 is 4.74 Å². The molecule has 1 heterocycles. The Morgan fingerprint density at radius 2 is 1.92 bits per heavy atom. The molecule has 2 bridgehead atoms. The van der Waals surface area contributed by atoms with Gasteiger partial charge in [-0.25, -0.2) is 0 Å². The molecule has 0 N–H and O–H groups in total. The third kappa shape index (κ3) is 2.80. The average molecular weight is 417 g/mol. The lowest BCUT2D eigenvalue weighted by Gasteiger charge is -2.14. The average Bonchev–Trinajstić information content (AvgIpc) is 3.30. The third-order valence-electron chi connectivity index (χ3n) is 5.63. The zero-order valence-corrected chi connectivity index (χ0v) is 16.3. The van der Waals surface area contributed by atoms with Gasteiger partial charge in [0.1, 0.15) is 5.75 Å². The number of nitrogens with zero attached hydrogens (tertiary/aromatic N) is 2. The van der Waals surface area contributed by atoms with Crippen LogP contribution in [0.4, 0.5) is 0 Å². The standard InChI is InChI=1S/C20H21BrN2O3/c1-3-11(2)26-16-7-4-12(8-15(16)21)10-22-23-19(24)17-13-5-6-14(9-13)18(17)20(23)25/h4-8,10-11,13-14,17-18H,3,9H2,1-2H3/t11-,13+,14+,17-,18+/m1/s1. The van der Waals surface area contributed by atoms with Crippen molar-refractivity contribution in [3.63, 3.8) is 0 Å². The number of hydrogen-bond donors (Lipinski definition) is 0. The number of hydrogen-bond acceptors (Lipinski definition) is 4. The minimum Gasteiger partial charge on any atom is -0.490 e. The van der Waals surface area contributed by atoms with Gasteiger partial charge in [0, 0.05) is 0 Å². The molecule has 0 spiro atoms. The van der Waals surface area contributed by atoms with E-state index in [1.54, 1.807) is 6.21 Å². The molecule has 1 aliphatic heterocycles. The van der Waals surface area contributed by atoms with Gasteiger partial charge in [-0.05, 0) is 71.3 Å². The fourth-order valence-corrected chi connectivity index (χ4v) is 4.61. The van der Waals surface area contributed by atoms with E-state index in [2.05, 4.69) is 40.1 Å². The number of imide groups is 1. The Morgan fingerprint density at radius 1 is 1.27 bits per heavy atom. The number of benzene rings is 1. The lowest BCUT2D eigenvalue weighted by atomic mass is 9.85. The minimum atomic E-state index is -0.215. The van der Waals surface area contributed by atoms with Crippen molar-refractivity contribution in [3.05, 3.63) is 40.4 Å². The SMILES string of the molecule is CC[C@@H](C)Oc1ccc(C=NN2C(=O)[C@@H]3[C@H](C2=O)[C@H]2C=C[C@H]3C2)cc1Br. The van der Waals surface area contributed by atoms with Crippen LogP contribution in [0.5, 0.6) is 5.75 Å². The van der Waals surface area contributed by atoms with Gasteiger partial charge in [0.2, 0.25) is 0 Å².